The van der Waals surface area contributed by atoms with Crippen molar-refractivity contribution in [1.82, 2.24) is 15.5 Å². The fourth-order valence-corrected chi connectivity index (χ4v) is 3.99. The monoisotopic (exact) mass is 323 g/mol. The Balaban J connectivity index is 1.65. The maximum absolute atomic E-state index is 12.7. The Morgan fingerprint density at radius 2 is 1.96 bits per heavy atom. The molecule has 5 nitrogen and oxygen atoms in total. The molecule has 5 heteroatoms. The lowest BCUT2D eigenvalue weighted by molar-refractivity contribution is 0.000503. The van der Waals surface area contributed by atoms with Gasteiger partial charge in [0, 0.05) is 18.6 Å². The lowest BCUT2D eigenvalue weighted by Gasteiger charge is -2.39. The summed E-state index contributed by atoms with van der Waals surface area (Å²) in [4.78, 5) is 12.7. The molecule has 1 fully saturated rings. The molecule has 0 bridgehead atoms. The third-order valence-electron chi connectivity index (χ3n) is 5.32. The fourth-order valence-electron chi connectivity index (χ4n) is 3.99. The predicted molar refractivity (Wildman–Crippen MR) is 89.6 cm³/mol. The van der Waals surface area contributed by atoms with Gasteiger partial charge in [-0.3, -0.25) is 4.79 Å². The molecule has 1 atom stereocenters. The van der Waals surface area contributed by atoms with E-state index < -0.39 is 0 Å². The first-order valence-electron chi connectivity index (χ1n) is 8.45. The largest absolute Gasteiger partial charge is 0.381 e. The van der Waals surface area contributed by atoms with E-state index in [1.165, 1.54) is 11.1 Å². The van der Waals surface area contributed by atoms with E-state index >= 15 is 0 Å². The Hall–Kier alpha value is -2.27. The van der Waals surface area contributed by atoms with Gasteiger partial charge < -0.3 is 10.1 Å². The van der Waals surface area contributed by atoms with Gasteiger partial charge in [-0.05, 0) is 49.4 Å². The van der Waals surface area contributed by atoms with Gasteiger partial charge in [0.05, 0.1) is 11.7 Å². The summed E-state index contributed by atoms with van der Waals surface area (Å²) in [6, 6.07) is 12.0. The Morgan fingerprint density at radius 3 is 2.71 bits per heavy atom. The second kappa shape index (κ2) is 5.98. The Morgan fingerprint density at radius 1 is 1.17 bits per heavy atom. The number of hydrogen-bond donors (Lipinski definition) is 1. The minimum atomic E-state index is -0.157. The quantitative estimate of drug-likeness (QED) is 0.923. The highest BCUT2D eigenvalue weighted by Crippen LogP contribution is 2.51. The van der Waals surface area contributed by atoms with E-state index in [0.717, 1.165) is 38.2 Å². The standard InChI is InChI=1S/C19H21N3O2/c1-13-6-7-16(22-21-13)18(23)20-17-15-5-3-2-4-14(15)12-19(17)8-10-24-11-9-19/h2-7,17H,8-12H2,1H3,(H,20,23)/t17-/m1/s1. The number of aryl methyl sites for hydroxylation is 1. The van der Waals surface area contributed by atoms with Crippen LogP contribution in [-0.4, -0.2) is 29.3 Å². The lowest BCUT2D eigenvalue weighted by Crippen LogP contribution is -2.42. The number of aromatic nitrogens is 2. The van der Waals surface area contributed by atoms with Crippen molar-refractivity contribution in [2.24, 2.45) is 5.41 Å². The first-order chi connectivity index (χ1) is 11.7. The molecule has 2 aromatic rings. The van der Waals surface area contributed by atoms with Gasteiger partial charge in [-0.15, -0.1) is 5.10 Å². The zero-order chi connectivity index (χ0) is 16.6. The number of fused-ring (bicyclic) bond motifs is 1. The van der Waals surface area contributed by atoms with Crippen molar-refractivity contribution >= 4 is 5.91 Å². The van der Waals surface area contributed by atoms with Crippen LogP contribution in [0, 0.1) is 12.3 Å². The smallest absolute Gasteiger partial charge is 0.272 e. The van der Waals surface area contributed by atoms with Crippen LogP contribution < -0.4 is 5.32 Å². The topological polar surface area (TPSA) is 64.1 Å². The minimum absolute atomic E-state index is 0.00760. The second-order valence-electron chi connectivity index (χ2n) is 6.82. The summed E-state index contributed by atoms with van der Waals surface area (Å²) in [7, 11) is 0. The molecule has 1 aliphatic carbocycles. The molecule has 124 valence electrons. The molecule has 0 unspecified atom stereocenters. The molecule has 0 saturated carbocycles. The average Bonchev–Trinajstić information content (AvgIpc) is 2.89. The summed E-state index contributed by atoms with van der Waals surface area (Å²) in [6.45, 7) is 3.37. The van der Waals surface area contributed by atoms with Gasteiger partial charge in [-0.2, -0.15) is 5.10 Å². The summed E-state index contributed by atoms with van der Waals surface area (Å²) in [5.74, 6) is -0.157. The van der Waals surface area contributed by atoms with Crippen LogP contribution in [0.15, 0.2) is 36.4 Å². The number of rotatable bonds is 2. The van der Waals surface area contributed by atoms with E-state index in [0.29, 0.717) is 5.69 Å². The Labute approximate surface area is 141 Å². The number of nitrogens with one attached hydrogen (secondary N) is 1. The zero-order valence-corrected chi connectivity index (χ0v) is 13.8. The van der Waals surface area contributed by atoms with E-state index in [4.69, 9.17) is 4.74 Å². The highest BCUT2D eigenvalue weighted by atomic mass is 16.5. The molecule has 2 aliphatic rings. The van der Waals surface area contributed by atoms with Crippen molar-refractivity contribution in [3.63, 3.8) is 0 Å². The highest BCUT2D eigenvalue weighted by molar-refractivity contribution is 5.92. The third-order valence-corrected chi connectivity index (χ3v) is 5.32. The maximum Gasteiger partial charge on any atom is 0.272 e. The molecule has 1 spiro atoms. The molecular formula is C19H21N3O2. The van der Waals surface area contributed by atoms with Crippen LogP contribution >= 0.6 is 0 Å². The van der Waals surface area contributed by atoms with Crippen LogP contribution in [0.5, 0.6) is 0 Å². The number of nitrogens with zero attached hydrogens (tertiary/aromatic N) is 2. The summed E-state index contributed by atoms with van der Waals surface area (Å²) in [6.07, 6.45) is 2.93. The third kappa shape index (κ3) is 2.59. The maximum atomic E-state index is 12.7. The average molecular weight is 323 g/mol. The van der Waals surface area contributed by atoms with Crippen LogP contribution in [0.2, 0.25) is 0 Å². The molecular weight excluding hydrogens is 302 g/mol. The fraction of sp³-hybridized carbons (Fsp3) is 0.421. The molecule has 1 aromatic heterocycles. The van der Waals surface area contributed by atoms with Crippen molar-refractivity contribution in [1.29, 1.82) is 0 Å². The van der Waals surface area contributed by atoms with Crippen molar-refractivity contribution in [3.8, 4) is 0 Å². The van der Waals surface area contributed by atoms with Crippen LogP contribution in [0.25, 0.3) is 0 Å². The van der Waals surface area contributed by atoms with Gasteiger partial charge in [0.25, 0.3) is 5.91 Å². The van der Waals surface area contributed by atoms with Crippen molar-refractivity contribution in [3.05, 3.63) is 58.9 Å². The highest BCUT2D eigenvalue weighted by Gasteiger charge is 2.47. The van der Waals surface area contributed by atoms with Gasteiger partial charge in [0.1, 0.15) is 0 Å². The van der Waals surface area contributed by atoms with Gasteiger partial charge in [0.2, 0.25) is 0 Å². The Bertz CT molecular complexity index is 751. The number of amides is 1. The van der Waals surface area contributed by atoms with Crippen molar-refractivity contribution in [2.45, 2.75) is 32.2 Å². The van der Waals surface area contributed by atoms with E-state index in [9.17, 15) is 4.79 Å². The number of carbonyl (C=O) groups is 1. The molecule has 1 N–H and O–H groups in total. The van der Waals surface area contributed by atoms with E-state index in [2.05, 4.69) is 33.7 Å². The lowest BCUT2D eigenvalue weighted by atomic mass is 9.74. The normalized spacial score (nSPS) is 21.5. The summed E-state index contributed by atoms with van der Waals surface area (Å²) in [5.41, 5.74) is 3.79. The van der Waals surface area contributed by atoms with E-state index in [-0.39, 0.29) is 17.4 Å². The van der Waals surface area contributed by atoms with Gasteiger partial charge in [0.15, 0.2) is 5.69 Å². The SMILES string of the molecule is Cc1ccc(C(=O)N[C@@H]2c3ccccc3CC23CCOCC3)nn1. The van der Waals surface area contributed by atoms with Crippen molar-refractivity contribution in [2.75, 3.05) is 13.2 Å². The summed E-state index contributed by atoms with van der Waals surface area (Å²) in [5, 5.41) is 11.2. The number of carbonyl (C=O) groups excluding carboxylic acids is 1. The number of hydrogen-bond acceptors (Lipinski definition) is 4. The van der Waals surface area contributed by atoms with Crippen LogP contribution in [-0.2, 0) is 11.2 Å². The molecule has 0 radical (unpaired) electrons. The molecule has 2 heterocycles. The molecule has 1 amide bonds. The number of benzene rings is 1. The zero-order valence-electron chi connectivity index (χ0n) is 13.8. The van der Waals surface area contributed by atoms with Crippen LogP contribution in [0.1, 0.15) is 46.2 Å². The predicted octanol–water partition coefficient (Wildman–Crippen LogP) is 2.61. The molecule has 1 aromatic carbocycles. The van der Waals surface area contributed by atoms with E-state index in [1.54, 1.807) is 6.07 Å². The molecule has 1 aliphatic heterocycles. The summed E-state index contributed by atoms with van der Waals surface area (Å²) < 4.78 is 5.57. The summed E-state index contributed by atoms with van der Waals surface area (Å²) >= 11 is 0. The molecule has 4 rings (SSSR count). The Kier molecular flexibility index (Phi) is 3.81. The van der Waals surface area contributed by atoms with Crippen LogP contribution in [0.4, 0.5) is 0 Å². The van der Waals surface area contributed by atoms with Gasteiger partial charge in [-0.1, -0.05) is 24.3 Å². The number of ether oxygens (including phenoxy) is 1. The van der Waals surface area contributed by atoms with E-state index in [1.807, 2.05) is 19.1 Å². The molecule has 24 heavy (non-hydrogen) atoms. The minimum Gasteiger partial charge on any atom is -0.381 e. The van der Waals surface area contributed by atoms with Crippen molar-refractivity contribution < 1.29 is 9.53 Å². The van der Waals surface area contributed by atoms with Gasteiger partial charge in [-0.25, -0.2) is 0 Å². The first-order valence-corrected chi connectivity index (χ1v) is 8.45. The van der Waals surface area contributed by atoms with Crippen LogP contribution in [0.3, 0.4) is 0 Å². The molecule has 1 saturated heterocycles. The van der Waals surface area contributed by atoms with Gasteiger partial charge >= 0.3 is 0 Å². The first kappa shape index (κ1) is 15.3. The second-order valence-corrected chi connectivity index (χ2v) is 6.82.